The first-order valence-electron chi connectivity index (χ1n) is 8.43. The Balaban J connectivity index is 1.79. The summed E-state index contributed by atoms with van der Waals surface area (Å²) >= 11 is 0. The molecular formula is C18H17F3N2O4S. The van der Waals surface area contributed by atoms with Crippen LogP contribution in [0.5, 0.6) is 5.75 Å². The van der Waals surface area contributed by atoms with E-state index in [0.29, 0.717) is 25.9 Å². The van der Waals surface area contributed by atoms with Crippen LogP contribution >= 0.6 is 0 Å². The maximum Gasteiger partial charge on any atom is 0.387 e. The van der Waals surface area contributed by atoms with Crippen LogP contribution in [-0.2, 0) is 10.0 Å². The third kappa shape index (κ3) is 4.45. The molecule has 1 saturated heterocycles. The van der Waals surface area contributed by atoms with Gasteiger partial charge in [0.2, 0.25) is 10.0 Å². The first kappa shape index (κ1) is 20.2. The lowest BCUT2D eigenvalue weighted by Gasteiger charge is -2.16. The molecule has 0 atom stereocenters. The van der Waals surface area contributed by atoms with E-state index < -0.39 is 33.3 Å². The monoisotopic (exact) mass is 414 g/mol. The summed E-state index contributed by atoms with van der Waals surface area (Å²) in [6, 6.07) is 8.28. The molecule has 2 aromatic rings. The molecule has 1 aliphatic rings. The zero-order valence-electron chi connectivity index (χ0n) is 14.6. The number of sulfonamides is 1. The highest BCUT2D eigenvalue weighted by Gasteiger charge is 2.30. The van der Waals surface area contributed by atoms with Crippen molar-refractivity contribution < 1.29 is 31.1 Å². The molecule has 0 unspecified atom stereocenters. The average molecular weight is 414 g/mol. The Bertz CT molecular complexity index is 959. The highest BCUT2D eigenvalue weighted by Crippen LogP contribution is 2.25. The molecule has 1 fully saturated rings. The van der Waals surface area contributed by atoms with Gasteiger partial charge in [0.1, 0.15) is 16.5 Å². The van der Waals surface area contributed by atoms with Gasteiger partial charge < -0.3 is 10.1 Å². The quantitative estimate of drug-likeness (QED) is 0.786. The largest absolute Gasteiger partial charge is 0.435 e. The van der Waals surface area contributed by atoms with Gasteiger partial charge in [0.05, 0.1) is 0 Å². The van der Waals surface area contributed by atoms with E-state index in [1.165, 1.54) is 34.6 Å². The van der Waals surface area contributed by atoms with Gasteiger partial charge in [0, 0.05) is 24.3 Å². The predicted octanol–water partition coefficient (Wildman–Crippen LogP) is 3.46. The Morgan fingerprint density at radius 3 is 2.32 bits per heavy atom. The van der Waals surface area contributed by atoms with Crippen molar-refractivity contribution in [3.05, 3.63) is 53.8 Å². The van der Waals surface area contributed by atoms with Gasteiger partial charge in [0.15, 0.2) is 0 Å². The first-order chi connectivity index (χ1) is 13.3. The van der Waals surface area contributed by atoms with Crippen LogP contribution in [0.4, 0.5) is 18.9 Å². The summed E-state index contributed by atoms with van der Waals surface area (Å²) in [5.41, 5.74) is 0.229. The van der Waals surface area contributed by atoms with E-state index in [1.807, 2.05) is 0 Å². The van der Waals surface area contributed by atoms with Crippen LogP contribution in [0.3, 0.4) is 0 Å². The van der Waals surface area contributed by atoms with Gasteiger partial charge in [-0.2, -0.15) is 13.1 Å². The fourth-order valence-corrected chi connectivity index (χ4v) is 4.44. The van der Waals surface area contributed by atoms with Gasteiger partial charge in [-0.3, -0.25) is 4.79 Å². The smallest absolute Gasteiger partial charge is 0.387 e. The molecule has 1 heterocycles. The molecule has 1 N–H and O–H groups in total. The molecule has 0 radical (unpaired) electrons. The minimum Gasteiger partial charge on any atom is -0.435 e. The number of hydrogen-bond donors (Lipinski definition) is 1. The molecule has 1 aliphatic heterocycles. The van der Waals surface area contributed by atoms with Crippen LogP contribution in [0.2, 0.25) is 0 Å². The number of ether oxygens (including phenoxy) is 1. The highest BCUT2D eigenvalue weighted by atomic mass is 32.2. The predicted molar refractivity (Wildman–Crippen MR) is 95.4 cm³/mol. The van der Waals surface area contributed by atoms with Gasteiger partial charge in [0.25, 0.3) is 5.91 Å². The van der Waals surface area contributed by atoms with Gasteiger partial charge in [-0.15, -0.1) is 0 Å². The second-order valence-electron chi connectivity index (χ2n) is 6.11. The molecule has 1 amide bonds. The maximum atomic E-state index is 14.1. The van der Waals surface area contributed by atoms with Crippen LogP contribution in [0.1, 0.15) is 23.2 Å². The van der Waals surface area contributed by atoms with Gasteiger partial charge >= 0.3 is 6.61 Å². The van der Waals surface area contributed by atoms with Crippen molar-refractivity contribution in [2.24, 2.45) is 0 Å². The van der Waals surface area contributed by atoms with Crippen molar-refractivity contribution in [2.75, 3.05) is 18.4 Å². The molecule has 0 bridgehead atoms. The fraction of sp³-hybridized carbons (Fsp3) is 0.278. The Morgan fingerprint density at radius 2 is 1.71 bits per heavy atom. The Morgan fingerprint density at radius 1 is 1.07 bits per heavy atom. The molecule has 2 aromatic carbocycles. The van der Waals surface area contributed by atoms with E-state index in [-0.39, 0.29) is 17.0 Å². The lowest BCUT2D eigenvalue weighted by Crippen LogP contribution is -2.29. The van der Waals surface area contributed by atoms with Crippen molar-refractivity contribution in [3.8, 4) is 5.75 Å². The van der Waals surface area contributed by atoms with Crippen molar-refractivity contribution >= 4 is 21.6 Å². The molecular weight excluding hydrogens is 397 g/mol. The summed E-state index contributed by atoms with van der Waals surface area (Å²) in [6.45, 7) is -2.34. The zero-order chi connectivity index (χ0) is 20.3. The third-order valence-electron chi connectivity index (χ3n) is 4.21. The maximum absolute atomic E-state index is 14.1. The number of rotatable bonds is 6. The number of benzene rings is 2. The lowest BCUT2D eigenvalue weighted by molar-refractivity contribution is -0.0498. The lowest BCUT2D eigenvalue weighted by atomic mass is 10.2. The van der Waals surface area contributed by atoms with Crippen molar-refractivity contribution in [2.45, 2.75) is 24.3 Å². The summed E-state index contributed by atoms with van der Waals surface area (Å²) < 4.78 is 69.0. The second-order valence-corrected chi connectivity index (χ2v) is 8.02. The van der Waals surface area contributed by atoms with E-state index in [4.69, 9.17) is 0 Å². The highest BCUT2D eigenvalue weighted by molar-refractivity contribution is 7.89. The second kappa shape index (κ2) is 8.19. The summed E-state index contributed by atoms with van der Waals surface area (Å²) in [7, 11) is -4.02. The molecule has 3 rings (SSSR count). The normalized spacial score (nSPS) is 15.0. The number of anilines is 1. The standard InChI is InChI=1S/C18H17F3N2O4S/c19-15-8-3-12(11-16(15)28(25,26)23-9-1-2-10-23)17(24)22-13-4-6-14(7-5-13)27-18(20)21/h3-8,11,18H,1-2,9-10H2,(H,22,24). The molecule has 0 saturated carbocycles. The number of alkyl halides is 2. The van der Waals surface area contributed by atoms with Crippen molar-refractivity contribution in [3.63, 3.8) is 0 Å². The molecule has 0 aliphatic carbocycles. The van der Waals surface area contributed by atoms with Crippen LogP contribution in [0.25, 0.3) is 0 Å². The van der Waals surface area contributed by atoms with Gasteiger partial charge in [-0.25, -0.2) is 12.8 Å². The SMILES string of the molecule is O=C(Nc1ccc(OC(F)F)cc1)c1ccc(F)c(S(=O)(=O)N2CCCC2)c1. The number of nitrogens with one attached hydrogen (secondary N) is 1. The summed E-state index contributed by atoms with van der Waals surface area (Å²) in [5.74, 6) is -1.67. The first-order valence-corrected chi connectivity index (χ1v) is 9.87. The van der Waals surface area contributed by atoms with E-state index in [1.54, 1.807) is 0 Å². The van der Waals surface area contributed by atoms with E-state index in [0.717, 1.165) is 12.1 Å². The van der Waals surface area contributed by atoms with E-state index in [9.17, 15) is 26.4 Å². The number of carbonyl (C=O) groups excluding carboxylic acids is 1. The topological polar surface area (TPSA) is 75.7 Å². The minimum absolute atomic E-state index is 0.0490. The Labute approximate surface area is 160 Å². The van der Waals surface area contributed by atoms with E-state index >= 15 is 0 Å². The summed E-state index contributed by atoms with van der Waals surface area (Å²) in [5, 5.41) is 2.49. The number of carbonyl (C=O) groups is 1. The Hall–Kier alpha value is -2.59. The number of amides is 1. The minimum atomic E-state index is -4.02. The molecule has 10 heteroatoms. The molecule has 28 heavy (non-hydrogen) atoms. The fourth-order valence-electron chi connectivity index (χ4n) is 2.83. The summed E-state index contributed by atoms with van der Waals surface area (Å²) in [4.78, 5) is 11.8. The summed E-state index contributed by atoms with van der Waals surface area (Å²) in [6.07, 6.45) is 1.40. The Kier molecular flexibility index (Phi) is 5.90. The number of hydrogen-bond acceptors (Lipinski definition) is 4. The number of nitrogens with zero attached hydrogens (tertiary/aromatic N) is 1. The van der Waals surface area contributed by atoms with Crippen LogP contribution < -0.4 is 10.1 Å². The van der Waals surface area contributed by atoms with Gasteiger partial charge in [-0.1, -0.05) is 0 Å². The van der Waals surface area contributed by atoms with Crippen molar-refractivity contribution in [1.82, 2.24) is 4.31 Å². The van der Waals surface area contributed by atoms with Crippen molar-refractivity contribution in [1.29, 1.82) is 0 Å². The molecule has 150 valence electrons. The zero-order valence-corrected chi connectivity index (χ0v) is 15.4. The van der Waals surface area contributed by atoms with Crippen LogP contribution in [0, 0.1) is 5.82 Å². The average Bonchev–Trinajstić information content (AvgIpc) is 3.18. The molecule has 0 spiro atoms. The van der Waals surface area contributed by atoms with E-state index in [2.05, 4.69) is 10.1 Å². The number of halogens is 3. The molecule has 6 nitrogen and oxygen atoms in total. The molecule has 0 aromatic heterocycles. The third-order valence-corrected chi connectivity index (χ3v) is 6.13. The van der Waals surface area contributed by atoms with Crippen LogP contribution in [0.15, 0.2) is 47.4 Å². The van der Waals surface area contributed by atoms with Gasteiger partial charge in [-0.05, 0) is 55.3 Å². The van der Waals surface area contributed by atoms with Crippen LogP contribution in [-0.4, -0.2) is 38.3 Å².